The second-order valence-electron chi connectivity index (χ2n) is 7.91. The molecule has 0 saturated heterocycles. The zero-order valence-electron chi connectivity index (χ0n) is 18.8. The van der Waals surface area contributed by atoms with Crippen LogP contribution in [0, 0.1) is 0 Å². The van der Waals surface area contributed by atoms with Crippen molar-refractivity contribution < 1.29 is 23.8 Å². The van der Waals surface area contributed by atoms with Crippen LogP contribution in [-0.4, -0.2) is 56.7 Å². The molecule has 7 nitrogen and oxygen atoms in total. The molecule has 2 aromatic carbocycles. The molecule has 0 bridgehead atoms. The fourth-order valence-corrected chi connectivity index (χ4v) is 4.74. The standard InChI is InChI=1S/C25H30N2O5/c1-4-31-20-14-16-10-12-27-23(19(16)15-21(20)32-5-2)22(24(28)26-11-13-30-3)17-8-6-7-9-18(17)25(27)29/h6-9,14-15,22-23H,4-5,10-13H2,1-3H3,(H,26,28)/t22-,23+/m1/s1. The first-order valence-electron chi connectivity index (χ1n) is 11.2. The molecule has 2 amide bonds. The lowest BCUT2D eigenvalue weighted by Crippen LogP contribution is -2.50. The van der Waals surface area contributed by atoms with Crippen LogP contribution in [0.4, 0.5) is 0 Å². The van der Waals surface area contributed by atoms with Crippen molar-refractivity contribution in [3.05, 3.63) is 58.7 Å². The van der Waals surface area contributed by atoms with Gasteiger partial charge in [0.1, 0.15) is 0 Å². The molecule has 0 radical (unpaired) electrons. The second-order valence-corrected chi connectivity index (χ2v) is 7.91. The summed E-state index contributed by atoms with van der Waals surface area (Å²) in [7, 11) is 1.60. The van der Waals surface area contributed by atoms with E-state index >= 15 is 0 Å². The number of benzene rings is 2. The summed E-state index contributed by atoms with van der Waals surface area (Å²) in [5.74, 6) is 0.665. The van der Waals surface area contributed by atoms with E-state index in [9.17, 15) is 9.59 Å². The minimum atomic E-state index is -0.521. The Morgan fingerprint density at radius 2 is 1.81 bits per heavy atom. The number of hydrogen-bond acceptors (Lipinski definition) is 5. The summed E-state index contributed by atoms with van der Waals surface area (Å²) in [6.07, 6.45) is 0.699. The van der Waals surface area contributed by atoms with Gasteiger partial charge in [-0.15, -0.1) is 0 Å². The maximum atomic E-state index is 13.4. The minimum absolute atomic E-state index is 0.0379. The number of ether oxygens (including phenoxy) is 3. The molecule has 0 fully saturated rings. The molecule has 4 rings (SSSR count). The number of carbonyl (C=O) groups excluding carboxylic acids is 2. The van der Waals surface area contributed by atoms with Crippen molar-refractivity contribution in [2.24, 2.45) is 0 Å². The average molecular weight is 439 g/mol. The largest absolute Gasteiger partial charge is 0.490 e. The van der Waals surface area contributed by atoms with Crippen LogP contribution >= 0.6 is 0 Å². The summed E-state index contributed by atoms with van der Waals surface area (Å²) in [4.78, 5) is 28.6. The van der Waals surface area contributed by atoms with Crippen molar-refractivity contribution in [1.82, 2.24) is 10.2 Å². The maximum Gasteiger partial charge on any atom is 0.254 e. The summed E-state index contributed by atoms with van der Waals surface area (Å²) in [5.41, 5.74) is 3.38. The third kappa shape index (κ3) is 3.93. The number of nitrogens with one attached hydrogen (secondary N) is 1. The normalized spacial score (nSPS) is 19.0. The second kappa shape index (κ2) is 9.61. The van der Waals surface area contributed by atoms with Crippen LogP contribution in [0.3, 0.4) is 0 Å². The van der Waals surface area contributed by atoms with Gasteiger partial charge in [-0.2, -0.15) is 0 Å². The highest BCUT2D eigenvalue weighted by molar-refractivity contribution is 6.01. The molecule has 7 heteroatoms. The Hall–Kier alpha value is -3.06. The molecule has 2 aromatic rings. The van der Waals surface area contributed by atoms with Crippen molar-refractivity contribution in [3.8, 4) is 11.5 Å². The molecule has 2 heterocycles. The number of hydrogen-bond donors (Lipinski definition) is 1. The fraction of sp³-hybridized carbons (Fsp3) is 0.440. The molecule has 1 N–H and O–H groups in total. The van der Waals surface area contributed by atoms with Gasteiger partial charge >= 0.3 is 0 Å². The van der Waals surface area contributed by atoms with Gasteiger partial charge in [0.25, 0.3) is 5.91 Å². The predicted molar refractivity (Wildman–Crippen MR) is 120 cm³/mol. The molecule has 32 heavy (non-hydrogen) atoms. The fourth-order valence-electron chi connectivity index (χ4n) is 4.74. The smallest absolute Gasteiger partial charge is 0.254 e. The molecule has 170 valence electrons. The van der Waals surface area contributed by atoms with Crippen molar-refractivity contribution in [2.75, 3.05) is 40.0 Å². The van der Waals surface area contributed by atoms with Crippen molar-refractivity contribution in [3.63, 3.8) is 0 Å². The van der Waals surface area contributed by atoms with Crippen LogP contribution in [0.25, 0.3) is 0 Å². The van der Waals surface area contributed by atoms with Gasteiger partial charge in [-0.1, -0.05) is 18.2 Å². The van der Waals surface area contributed by atoms with Crippen LogP contribution < -0.4 is 14.8 Å². The van der Waals surface area contributed by atoms with Gasteiger partial charge in [-0.05, 0) is 55.2 Å². The van der Waals surface area contributed by atoms with Gasteiger partial charge in [0, 0.05) is 25.8 Å². The number of amides is 2. The van der Waals surface area contributed by atoms with Crippen molar-refractivity contribution in [1.29, 1.82) is 0 Å². The van der Waals surface area contributed by atoms with E-state index in [1.165, 1.54) is 0 Å². The van der Waals surface area contributed by atoms with E-state index in [1.54, 1.807) is 7.11 Å². The zero-order chi connectivity index (χ0) is 22.7. The van der Waals surface area contributed by atoms with Gasteiger partial charge in [0.2, 0.25) is 5.91 Å². The lowest BCUT2D eigenvalue weighted by Gasteiger charge is -2.45. The van der Waals surface area contributed by atoms with Gasteiger partial charge in [0.05, 0.1) is 31.8 Å². The number of nitrogens with zero attached hydrogens (tertiary/aromatic N) is 1. The van der Waals surface area contributed by atoms with Gasteiger partial charge in [-0.25, -0.2) is 0 Å². The van der Waals surface area contributed by atoms with Crippen LogP contribution in [-0.2, 0) is 16.0 Å². The first-order valence-corrected chi connectivity index (χ1v) is 11.2. The molecule has 2 aliphatic rings. The van der Waals surface area contributed by atoms with Crippen LogP contribution in [0.5, 0.6) is 11.5 Å². The molecule has 0 aromatic heterocycles. The molecular weight excluding hydrogens is 408 g/mol. The van der Waals surface area contributed by atoms with E-state index in [4.69, 9.17) is 14.2 Å². The Bertz CT molecular complexity index is 1010. The molecule has 0 unspecified atom stereocenters. The average Bonchev–Trinajstić information content (AvgIpc) is 2.80. The maximum absolute atomic E-state index is 13.4. The number of carbonyl (C=O) groups is 2. The minimum Gasteiger partial charge on any atom is -0.490 e. The van der Waals surface area contributed by atoms with Gasteiger partial charge in [0.15, 0.2) is 11.5 Å². The Labute approximate surface area is 188 Å². The van der Waals surface area contributed by atoms with Crippen molar-refractivity contribution >= 4 is 11.8 Å². The Morgan fingerprint density at radius 1 is 1.09 bits per heavy atom. The van der Waals surface area contributed by atoms with Gasteiger partial charge < -0.3 is 24.4 Å². The topological polar surface area (TPSA) is 77.1 Å². The van der Waals surface area contributed by atoms with Crippen molar-refractivity contribution in [2.45, 2.75) is 32.2 Å². The van der Waals surface area contributed by atoms with Crippen LogP contribution in [0.2, 0.25) is 0 Å². The van der Waals surface area contributed by atoms with E-state index in [1.807, 2.05) is 55.1 Å². The third-order valence-corrected chi connectivity index (χ3v) is 6.07. The Balaban J connectivity index is 1.83. The number of methoxy groups -OCH3 is 1. The zero-order valence-corrected chi connectivity index (χ0v) is 18.8. The van der Waals surface area contributed by atoms with E-state index in [0.29, 0.717) is 56.4 Å². The summed E-state index contributed by atoms with van der Waals surface area (Å²) >= 11 is 0. The summed E-state index contributed by atoms with van der Waals surface area (Å²) in [5, 5.41) is 2.99. The molecule has 0 aliphatic carbocycles. The summed E-state index contributed by atoms with van der Waals surface area (Å²) in [6.45, 7) is 6.28. The summed E-state index contributed by atoms with van der Waals surface area (Å²) in [6, 6.07) is 11.0. The first-order chi connectivity index (χ1) is 15.6. The first kappa shape index (κ1) is 22.1. The number of rotatable bonds is 8. The van der Waals surface area contributed by atoms with Gasteiger partial charge in [-0.3, -0.25) is 9.59 Å². The highest BCUT2D eigenvalue weighted by Gasteiger charge is 2.46. The highest BCUT2D eigenvalue weighted by Crippen LogP contribution is 2.48. The lowest BCUT2D eigenvalue weighted by molar-refractivity contribution is -0.124. The molecule has 2 aliphatic heterocycles. The highest BCUT2D eigenvalue weighted by atomic mass is 16.5. The monoisotopic (exact) mass is 438 g/mol. The Kier molecular flexibility index (Phi) is 6.65. The van der Waals surface area contributed by atoms with E-state index in [-0.39, 0.29) is 11.8 Å². The molecule has 0 spiro atoms. The SMILES string of the molecule is CCOc1cc2c(cc1OCC)[C@H]1[C@H](C(=O)NCCOC)c3ccccc3C(=O)N1CC2. The molecular formula is C25H30N2O5. The van der Waals surface area contributed by atoms with E-state index < -0.39 is 12.0 Å². The third-order valence-electron chi connectivity index (χ3n) is 6.07. The van der Waals surface area contributed by atoms with E-state index in [0.717, 1.165) is 16.7 Å². The van der Waals surface area contributed by atoms with Crippen LogP contribution in [0.1, 0.15) is 52.9 Å². The van der Waals surface area contributed by atoms with Crippen LogP contribution in [0.15, 0.2) is 36.4 Å². The predicted octanol–water partition coefficient (Wildman–Crippen LogP) is 3.08. The quantitative estimate of drug-likeness (QED) is 0.641. The Morgan fingerprint density at radius 3 is 2.53 bits per heavy atom. The molecule has 2 atom stereocenters. The molecule has 0 saturated carbocycles. The lowest BCUT2D eigenvalue weighted by atomic mass is 9.75. The van der Waals surface area contributed by atoms with E-state index in [2.05, 4.69) is 5.32 Å². The number of fused-ring (bicyclic) bond motifs is 4. The summed E-state index contributed by atoms with van der Waals surface area (Å²) < 4.78 is 16.8.